The summed E-state index contributed by atoms with van der Waals surface area (Å²) < 4.78 is 4.79. The van der Waals surface area contributed by atoms with E-state index in [4.69, 9.17) is 9.97 Å². The van der Waals surface area contributed by atoms with Gasteiger partial charge in [0.25, 0.3) is 0 Å². The lowest BCUT2D eigenvalue weighted by molar-refractivity contribution is 1.02. The summed E-state index contributed by atoms with van der Waals surface area (Å²) in [5.41, 5.74) is 8.67. The molecule has 0 aliphatic rings. The Labute approximate surface area is 287 Å². The first-order valence-corrected chi connectivity index (χ1v) is 17.0. The molecule has 0 saturated heterocycles. The molecule has 0 saturated carbocycles. The van der Waals surface area contributed by atoms with Crippen molar-refractivity contribution in [1.29, 1.82) is 0 Å². The standard InChI is InChI=1S/C46H28N4/c1-2-16-30(17-3-1)43-34-22-8-11-25-37(34)47-46(48-43)50-40-27-13-10-24-36(40)42-41-35-23-9-12-26-39(35)49(38-28-14-18-29-15-4-5-19-31(29)38)44(41)32-20-6-7-21-33(32)45(42)50/h1-28H. The first-order chi connectivity index (χ1) is 24.8. The highest BCUT2D eigenvalue weighted by molar-refractivity contribution is 6.37. The molecule has 0 amide bonds. The van der Waals surface area contributed by atoms with E-state index in [0.717, 1.165) is 38.6 Å². The number of hydrogen-bond acceptors (Lipinski definition) is 2. The molecular weight excluding hydrogens is 609 g/mol. The molecule has 3 aromatic heterocycles. The van der Waals surface area contributed by atoms with Crippen LogP contribution >= 0.6 is 0 Å². The van der Waals surface area contributed by atoms with Crippen LogP contribution in [0.2, 0.25) is 0 Å². The number of para-hydroxylation sites is 3. The number of fused-ring (bicyclic) bond motifs is 12. The fraction of sp³-hybridized carbons (Fsp3) is 0. The van der Waals surface area contributed by atoms with Crippen LogP contribution in [0.1, 0.15) is 0 Å². The molecule has 0 radical (unpaired) electrons. The van der Waals surface area contributed by atoms with Crippen LogP contribution in [0.25, 0.3) is 99.0 Å². The second kappa shape index (κ2) is 10.4. The Balaban J connectivity index is 1.38. The van der Waals surface area contributed by atoms with Crippen LogP contribution in [0.15, 0.2) is 170 Å². The lowest BCUT2D eigenvalue weighted by Gasteiger charge is -2.15. The van der Waals surface area contributed by atoms with Crippen molar-refractivity contribution in [3.63, 3.8) is 0 Å². The summed E-state index contributed by atoms with van der Waals surface area (Å²) in [5, 5.41) is 10.7. The van der Waals surface area contributed by atoms with Gasteiger partial charge in [-0.05, 0) is 29.7 Å². The molecule has 0 spiro atoms. The molecule has 0 atom stereocenters. The Morgan fingerprint density at radius 2 is 0.880 bits per heavy atom. The van der Waals surface area contributed by atoms with Gasteiger partial charge in [0.15, 0.2) is 0 Å². The molecular formula is C46H28N4. The first kappa shape index (κ1) is 27.2. The van der Waals surface area contributed by atoms with Gasteiger partial charge in [0.2, 0.25) is 5.95 Å². The Morgan fingerprint density at radius 1 is 0.360 bits per heavy atom. The van der Waals surface area contributed by atoms with E-state index in [1.165, 1.54) is 54.4 Å². The van der Waals surface area contributed by atoms with Crippen molar-refractivity contribution >= 4 is 76.1 Å². The van der Waals surface area contributed by atoms with Crippen LogP contribution in [0, 0.1) is 0 Å². The number of benzene rings is 8. The van der Waals surface area contributed by atoms with Crippen molar-refractivity contribution in [1.82, 2.24) is 19.1 Å². The molecule has 0 unspecified atom stereocenters. The van der Waals surface area contributed by atoms with E-state index in [0.29, 0.717) is 5.95 Å². The molecule has 8 aromatic carbocycles. The summed E-state index contributed by atoms with van der Waals surface area (Å²) in [7, 11) is 0. The van der Waals surface area contributed by atoms with Crippen LogP contribution in [-0.2, 0) is 0 Å². The average molecular weight is 637 g/mol. The maximum absolute atomic E-state index is 5.40. The zero-order valence-corrected chi connectivity index (χ0v) is 27.0. The minimum absolute atomic E-state index is 0.663. The van der Waals surface area contributed by atoms with E-state index in [1.807, 2.05) is 6.07 Å². The van der Waals surface area contributed by atoms with Crippen molar-refractivity contribution < 1.29 is 0 Å². The highest BCUT2D eigenvalue weighted by Gasteiger charge is 2.25. The SMILES string of the molecule is c1ccc(-c2nc(-n3c4ccccc4c4c5c6ccccc6n(-c6cccc7ccccc67)c5c5ccccc5c43)nc3ccccc23)cc1. The summed E-state index contributed by atoms with van der Waals surface area (Å²) in [4.78, 5) is 10.7. The monoisotopic (exact) mass is 636 g/mol. The summed E-state index contributed by atoms with van der Waals surface area (Å²) in [6.07, 6.45) is 0. The third kappa shape index (κ3) is 3.70. The maximum atomic E-state index is 5.40. The molecule has 11 aromatic rings. The van der Waals surface area contributed by atoms with Crippen molar-refractivity contribution in [2.24, 2.45) is 0 Å². The number of nitrogens with zero attached hydrogens (tertiary/aromatic N) is 4. The molecule has 232 valence electrons. The third-order valence-corrected chi connectivity index (χ3v) is 10.3. The highest BCUT2D eigenvalue weighted by atomic mass is 15.2. The van der Waals surface area contributed by atoms with Gasteiger partial charge in [-0.2, -0.15) is 0 Å². The van der Waals surface area contributed by atoms with Crippen LogP contribution in [0.5, 0.6) is 0 Å². The number of hydrogen-bond donors (Lipinski definition) is 0. The Hall–Kier alpha value is -6.78. The van der Waals surface area contributed by atoms with Gasteiger partial charge in [0, 0.05) is 48.7 Å². The molecule has 0 aliphatic heterocycles. The Kier molecular flexibility index (Phi) is 5.63. The minimum Gasteiger partial charge on any atom is -0.308 e. The van der Waals surface area contributed by atoms with Gasteiger partial charge in [0.1, 0.15) is 0 Å². The largest absolute Gasteiger partial charge is 0.308 e. The summed E-state index contributed by atoms with van der Waals surface area (Å²) >= 11 is 0. The second-order valence-electron chi connectivity index (χ2n) is 13.0. The van der Waals surface area contributed by atoms with Crippen LogP contribution in [-0.4, -0.2) is 19.1 Å². The Bertz CT molecular complexity index is 3140. The Morgan fingerprint density at radius 3 is 1.60 bits per heavy atom. The highest BCUT2D eigenvalue weighted by Crippen LogP contribution is 2.47. The number of rotatable bonds is 3. The van der Waals surface area contributed by atoms with Crippen molar-refractivity contribution in [2.45, 2.75) is 0 Å². The van der Waals surface area contributed by atoms with Gasteiger partial charge in [-0.25, -0.2) is 9.97 Å². The average Bonchev–Trinajstić information content (AvgIpc) is 3.71. The smallest absolute Gasteiger partial charge is 0.235 e. The van der Waals surface area contributed by atoms with E-state index in [9.17, 15) is 0 Å². The molecule has 11 rings (SSSR count). The predicted octanol–water partition coefficient (Wildman–Crippen LogP) is 11.8. The quantitative estimate of drug-likeness (QED) is 0.193. The topological polar surface area (TPSA) is 35.6 Å². The van der Waals surface area contributed by atoms with Gasteiger partial charge in [-0.3, -0.25) is 4.57 Å². The van der Waals surface area contributed by atoms with Gasteiger partial charge in [-0.15, -0.1) is 0 Å². The lowest BCUT2D eigenvalue weighted by Crippen LogP contribution is -2.04. The van der Waals surface area contributed by atoms with Crippen LogP contribution < -0.4 is 0 Å². The number of aromatic nitrogens is 4. The summed E-state index contributed by atoms with van der Waals surface area (Å²) in [6.45, 7) is 0. The minimum atomic E-state index is 0.663. The van der Waals surface area contributed by atoms with E-state index in [1.54, 1.807) is 0 Å². The summed E-state index contributed by atoms with van der Waals surface area (Å²) in [6, 6.07) is 60.5. The third-order valence-electron chi connectivity index (χ3n) is 10.3. The second-order valence-corrected chi connectivity index (χ2v) is 13.0. The predicted molar refractivity (Wildman–Crippen MR) is 209 cm³/mol. The van der Waals surface area contributed by atoms with Gasteiger partial charge < -0.3 is 4.57 Å². The molecule has 4 nitrogen and oxygen atoms in total. The maximum Gasteiger partial charge on any atom is 0.235 e. The molecule has 0 bridgehead atoms. The lowest BCUT2D eigenvalue weighted by atomic mass is 9.99. The van der Waals surface area contributed by atoms with Crippen molar-refractivity contribution in [3.8, 4) is 22.9 Å². The van der Waals surface area contributed by atoms with Gasteiger partial charge in [-0.1, -0.05) is 146 Å². The summed E-state index contributed by atoms with van der Waals surface area (Å²) in [5.74, 6) is 0.663. The fourth-order valence-corrected chi connectivity index (χ4v) is 8.23. The fourth-order valence-electron chi connectivity index (χ4n) is 8.23. The van der Waals surface area contributed by atoms with Gasteiger partial charge in [0.05, 0.1) is 39.0 Å². The molecule has 50 heavy (non-hydrogen) atoms. The molecule has 0 fully saturated rings. The zero-order chi connectivity index (χ0) is 32.8. The zero-order valence-electron chi connectivity index (χ0n) is 27.0. The normalized spacial score (nSPS) is 12.0. The van der Waals surface area contributed by atoms with E-state index in [2.05, 4.69) is 173 Å². The first-order valence-electron chi connectivity index (χ1n) is 17.0. The molecule has 4 heteroatoms. The van der Waals surface area contributed by atoms with E-state index in [-0.39, 0.29) is 0 Å². The van der Waals surface area contributed by atoms with E-state index >= 15 is 0 Å². The van der Waals surface area contributed by atoms with Crippen LogP contribution in [0.4, 0.5) is 0 Å². The molecule has 0 N–H and O–H groups in total. The van der Waals surface area contributed by atoms with Crippen molar-refractivity contribution in [2.75, 3.05) is 0 Å². The van der Waals surface area contributed by atoms with Crippen LogP contribution in [0.3, 0.4) is 0 Å². The molecule has 3 heterocycles. The van der Waals surface area contributed by atoms with Crippen molar-refractivity contribution in [3.05, 3.63) is 170 Å². The molecule has 0 aliphatic carbocycles. The van der Waals surface area contributed by atoms with E-state index < -0.39 is 0 Å². The van der Waals surface area contributed by atoms with Gasteiger partial charge >= 0.3 is 0 Å².